The Kier molecular flexibility index (Phi) is 6.28. The molecule has 1 heterocycles. The number of benzene rings is 1. The molecule has 1 saturated heterocycles. The zero-order valence-corrected chi connectivity index (χ0v) is 15.4. The van der Waals surface area contributed by atoms with Crippen molar-refractivity contribution in [3.63, 3.8) is 0 Å². The first-order valence-electron chi connectivity index (χ1n) is 8.84. The fourth-order valence-corrected chi connectivity index (χ4v) is 2.89. The maximum atomic E-state index is 12.5. The van der Waals surface area contributed by atoms with E-state index in [0.29, 0.717) is 19.4 Å². The molecule has 2 amide bonds. The van der Waals surface area contributed by atoms with Crippen LogP contribution in [0, 0.1) is 0 Å². The minimum atomic E-state index is -0.521. The molecule has 138 valence electrons. The van der Waals surface area contributed by atoms with Gasteiger partial charge in [-0.1, -0.05) is 12.1 Å². The highest BCUT2D eigenvalue weighted by Crippen LogP contribution is 2.15. The van der Waals surface area contributed by atoms with Gasteiger partial charge < -0.3 is 20.7 Å². The molecule has 25 heavy (non-hydrogen) atoms. The van der Waals surface area contributed by atoms with Crippen LogP contribution < -0.4 is 11.1 Å². The van der Waals surface area contributed by atoms with Crippen LogP contribution in [0.4, 0.5) is 10.5 Å². The van der Waals surface area contributed by atoms with Gasteiger partial charge in [0.15, 0.2) is 0 Å². The summed E-state index contributed by atoms with van der Waals surface area (Å²) in [5, 5.41) is 2.87. The fraction of sp³-hybridized carbons (Fsp3) is 0.579. The molecular weight excluding hydrogens is 318 g/mol. The predicted octanol–water partition coefficient (Wildman–Crippen LogP) is 2.72. The Morgan fingerprint density at radius 2 is 1.96 bits per heavy atom. The highest BCUT2D eigenvalue weighted by Gasteiger charge is 2.26. The maximum Gasteiger partial charge on any atom is 0.407 e. The standard InChI is InChI=1S/C19H29N3O3/c1-19(2,3)25-18(24)21-16-5-4-12-22(13-16)17(23)11-8-14-6-9-15(20)10-7-14/h6-7,9-10,16H,4-5,8,11-13,20H2,1-3H3,(H,21,24)/t16-/m1/s1. The van der Waals surface area contributed by atoms with E-state index >= 15 is 0 Å². The molecule has 1 aromatic rings. The van der Waals surface area contributed by atoms with Gasteiger partial charge in [0.05, 0.1) is 0 Å². The van der Waals surface area contributed by atoms with Gasteiger partial charge in [0.25, 0.3) is 0 Å². The quantitative estimate of drug-likeness (QED) is 0.820. The van der Waals surface area contributed by atoms with Crippen LogP contribution >= 0.6 is 0 Å². The summed E-state index contributed by atoms with van der Waals surface area (Å²) in [6, 6.07) is 7.55. The van der Waals surface area contributed by atoms with Gasteiger partial charge in [-0.05, 0) is 57.7 Å². The van der Waals surface area contributed by atoms with Crippen LogP contribution in [-0.2, 0) is 16.0 Å². The highest BCUT2D eigenvalue weighted by atomic mass is 16.6. The monoisotopic (exact) mass is 347 g/mol. The molecule has 1 fully saturated rings. The SMILES string of the molecule is CC(C)(C)OC(=O)N[C@@H]1CCCN(C(=O)CCc2ccc(N)cc2)C1. The van der Waals surface area contributed by atoms with E-state index < -0.39 is 11.7 Å². The molecule has 1 aliphatic heterocycles. The lowest BCUT2D eigenvalue weighted by Crippen LogP contribution is -2.50. The number of hydrogen-bond acceptors (Lipinski definition) is 4. The molecule has 0 bridgehead atoms. The van der Waals surface area contributed by atoms with Crippen molar-refractivity contribution < 1.29 is 14.3 Å². The minimum Gasteiger partial charge on any atom is -0.444 e. The molecule has 6 nitrogen and oxygen atoms in total. The van der Waals surface area contributed by atoms with Crippen LogP contribution in [0.1, 0.15) is 45.6 Å². The average Bonchev–Trinajstić information content (AvgIpc) is 2.52. The molecule has 3 N–H and O–H groups in total. The molecule has 0 spiro atoms. The number of carbonyl (C=O) groups excluding carboxylic acids is 2. The topological polar surface area (TPSA) is 84.7 Å². The van der Waals surface area contributed by atoms with Gasteiger partial charge in [-0.2, -0.15) is 0 Å². The normalized spacial score (nSPS) is 17.9. The third-order valence-corrected chi connectivity index (χ3v) is 4.10. The van der Waals surface area contributed by atoms with Gasteiger partial charge in [0.1, 0.15) is 5.60 Å². The summed E-state index contributed by atoms with van der Waals surface area (Å²) >= 11 is 0. The fourth-order valence-electron chi connectivity index (χ4n) is 2.89. The van der Waals surface area contributed by atoms with Crippen LogP contribution in [0.15, 0.2) is 24.3 Å². The number of nitrogen functional groups attached to an aromatic ring is 1. The number of ether oxygens (including phenoxy) is 1. The van der Waals surface area contributed by atoms with Crippen LogP contribution in [0.25, 0.3) is 0 Å². The van der Waals surface area contributed by atoms with Crippen molar-refractivity contribution in [2.45, 2.75) is 58.1 Å². The lowest BCUT2D eigenvalue weighted by atomic mass is 10.0. The number of amides is 2. The number of nitrogens with one attached hydrogen (secondary N) is 1. The second-order valence-electron chi connectivity index (χ2n) is 7.57. The Hall–Kier alpha value is -2.24. The zero-order chi connectivity index (χ0) is 18.4. The number of alkyl carbamates (subject to hydrolysis) is 1. The van der Waals surface area contributed by atoms with Crippen molar-refractivity contribution >= 4 is 17.7 Å². The number of aryl methyl sites for hydroxylation is 1. The second kappa shape index (κ2) is 8.23. The Labute approximate surface area is 149 Å². The molecule has 0 aliphatic carbocycles. The van der Waals surface area contributed by atoms with Gasteiger partial charge in [-0.15, -0.1) is 0 Å². The molecule has 0 radical (unpaired) electrons. The van der Waals surface area contributed by atoms with E-state index in [0.717, 1.165) is 30.6 Å². The lowest BCUT2D eigenvalue weighted by molar-refractivity contribution is -0.132. The summed E-state index contributed by atoms with van der Waals surface area (Å²) in [6.07, 6.45) is 2.48. The Morgan fingerprint density at radius 1 is 1.28 bits per heavy atom. The molecular formula is C19H29N3O3. The number of nitrogens with zero attached hydrogens (tertiary/aromatic N) is 1. The molecule has 1 aliphatic rings. The van der Waals surface area contributed by atoms with E-state index in [9.17, 15) is 9.59 Å². The molecule has 1 aromatic carbocycles. The van der Waals surface area contributed by atoms with E-state index in [-0.39, 0.29) is 11.9 Å². The van der Waals surface area contributed by atoms with Crippen LogP contribution in [0.3, 0.4) is 0 Å². The first-order chi connectivity index (χ1) is 11.7. The predicted molar refractivity (Wildman–Crippen MR) is 98.1 cm³/mol. The summed E-state index contributed by atoms with van der Waals surface area (Å²) in [5.41, 5.74) is 6.98. The molecule has 6 heteroatoms. The summed E-state index contributed by atoms with van der Waals surface area (Å²) < 4.78 is 5.29. The van der Waals surface area contributed by atoms with Gasteiger partial charge in [-0.3, -0.25) is 4.79 Å². The number of piperidine rings is 1. The first-order valence-corrected chi connectivity index (χ1v) is 8.84. The number of anilines is 1. The van der Waals surface area contributed by atoms with Gasteiger partial charge in [0, 0.05) is 31.2 Å². The van der Waals surface area contributed by atoms with Crippen molar-refractivity contribution in [3.8, 4) is 0 Å². The van der Waals surface area contributed by atoms with Crippen LogP contribution in [0.2, 0.25) is 0 Å². The largest absolute Gasteiger partial charge is 0.444 e. The number of carbonyl (C=O) groups is 2. The highest BCUT2D eigenvalue weighted by molar-refractivity contribution is 5.77. The third-order valence-electron chi connectivity index (χ3n) is 4.10. The van der Waals surface area contributed by atoms with E-state index in [1.165, 1.54) is 0 Å². The summed E-state index contributed by atoms with van der Waals surface area (Å²) in [4.78, 5) is 26.2. The third kappa shape index (κ3) is 6.64. The smallest absolute Gasteiger partial charge is 0.407 e. The Balaban J connectivity index is 1.80. The van der Waals surface area contributed by atoms with Crippen molar-refractivity contribution in [3.05, 3.63) is 29.8 Å². The summed E-state index contributed by atoms with van der Waals surface area (Å²) in [5.74, 6) is 0.118. The lowest BCUT2D eigenvalue weighted by Gasteiger charge is -2.33. The molecule has 0 unspecified atom stereocenters. The minimum absolute atomic E-state index is 0.0518. The molecule has 2 rings (SSSR count). The van der Waals surface area contributed by atoms with Crippen LogP contribution in [-0.4, -0.2) is 41.6 Å². The van der Waals surface area contributed by atoms with Gasteiger partial charge >= 0.3 is 6.09 Å². The first kappa shape index (κ1) is 19.1. The van der Waals surface area contributed by atoms with E-state index in [2.05, 4.69) is 5.32 Å². The number of nitrogens with two attached hydrogens (primary N) is 1. The maximum absolute atomic E-state index is 12.5. The number of rotatable bonds is 4. The van der Waals surface area contributed by atoms with Gasteiger partial charge in [0.2, 0.25) is 5.91 Å². The zero-order valence-electron chi connectivity index (χ0n) is 15.4. The van der Waals surface area contributed by atoms with Gasteiger partial charge in [-0.25, -0.2) is 4.79 Å². The van der Waals surface area contributed by atoms with E-state index in [1.807, 2.05) is 49.9 Å². The average molecular weight is 347 g/mol. The van der Waals surface area contributed by atoms with Crippen molar-refractivity contribution in [1.29, 1.82) is 0 Å². The van der Waals surface area contributed by atoms with E-state index in [1.54, 1.807) is 0 Å². The van der Waals surface area contributed by atoms with Crippen molar-refractivity contribution in [2.75, 3.05) is 18.8 Å². The summed E-state index contributed by atoms with van der Waals surface area (Å²) in [6.45, 7) is 6.79. The second-order valence-corrected chi connectivity index (χ2v) is 7.57. The number of likely N-dealkylation sites (tertiary alicyclic amines) is 1. The molecule has 0 aromatic heterocycles. The summed E-state index contributed by atoms with van der Waals surface area (Å²) in [7, 11) is 0. The van der Waals surface area contributed by atoms with E-state index in [4.69, 9.17) is 10.5 Å². The molecule has 0 saturated carbocycles. The number of hydrogen-bond donors (Lipinski definition) is 2. The molecule has 1 atom stereocenters. The van der Waals surface area contributed by atoms with Crippen molar-refractivity contribution in [1.82, 2.24) is 10.2 Å². The van der Waals surface area contributed by atoms with Crippen molar-refractivity contribution in [2.24, 2.45) is 0 Å². The van der Waals surface area contributed by atoms with Crippen LogP contribution in [0.5, 0.6) is 0 Å². The Bertz CT molecular complexity index is 593. The Morgan fingerprint density at radius 3 is 2.60 bits per heavy atom.